The molecule has 244 valence electrons. The quantitative estimate of drug-likeness (QED) is 0.183. The fourth-order valence-corrected chi connectivity index (χ4v) is 9.56. The van der Waals surface area contributed by atoms with Crippen LogP contribution in [0.2, 0.25) is 0 Å². The summed E-state index contributed by atoms with van der Waals surface area (Å²) in [7, 11) is 0. The van der Waals surface area contributed by atoms with Crippen LogP contribution in [-0.4, -0.2) is 9.55 Å². The van der Waals surface area contributed by atoms with E-state index in [9.17, 15) is 5.26 Å². The van der Waals surface area contributed by atoms with Gasteiger partial charge in [-0.25, -0.2) is 0 Å². The highest BCUT2D eigenvalue weighted by atomic mass is 16.3. The second kappa shape index (κ2) is 10.2. The highest BCUT2D eigenvalue weighted by molar-refractivity contribution is 6.25. The van der Waals surface area contributed by atoms with Crippen molar-refractivity contribution in [3.8, 4) is 45.1 Å². The van der Waals surface area contributed by atoms with Gasteiger partial charge in [0.15, 0.2) is 0 Å². The summed E-state index contributed by atoms with van der Waals surface area (Å²) < 4.78 is 9.22. The van der Waals surface area contributed by atoms with E-state index in [-0.39, 0.29) is 0 Å². The van der Waals surface area contributed by atoms with Crippen molar-refractivity contribution in [3.63, 3.8) is 0 Å². The number of nitriles is 1. The molecule has 53 heavy (non-hydrogen) atoms. The fourth-order valence-electron chi connectivity index (χ4n) is 9.56. The lowest BCUT2D eigenvalue weighted by atomic mass is 9.65. The first-order valence-electron chi connectivity index (χ1n) is 17.9. The number of para-hydroxylation sites is 2. The summed E-state index contributed by atoms with van der Waals surface area (Å²) in [5, 5.41) is 14.0. The Labute approximate surface area is 304 Å². The van der Waals surface area contributed by atoms with Gasteiger partial charge in [-0.3, -0.25) is 4.98 Å². The molecule has 4 heterocycles. The highest BCUT2D eigenvalue weighted by Crippen LogP contribution is 2.62. The Morgan fingerprint density at radius 3 is 2.19 bits per heavy atom. The van der Waals surface area contributed by atoms with Crippen LogP contribution in [-0.2, 0) is 5.41 Å². The van der Waals surface area contributed by atoms with E-state index < -0.39 is 5.41 Å². The van der Waals surface area contributed by atoms with E-state index in [0.717, 1.165) is 60.8 Å². The number of aromatic nitrogens is 2. The molecule has 10 aromatic rings. The van der Waals surface area contributed by atoms with Gasteiger partial charge in [0.2, 0.25) is 0 Å². The van der Waals surface area contributed by atoms with Crippen molar-refractivity contribution in [3.05, 3.63) is 192 Å². The number of furan rings is 1. The maximum absolute atomic E-state index is 9.44. The SMILES string of the molecule is N#Cc1ccc(-c2ccc3c(c2)-c2ccccc2C32c3ccc(-c4cccnc4)cc3-n3c4ccc5c6ccccc6oc5c4c4cccc2c43)cc1. The monoisotopic (exact) mass is 673 g/mol. The van der Waals surface area contributed by atoms with Gasteiger partial charge < -0.3 is 8.98 Å². The second-order valence-corrected chi connectivity index (χ2v) is 14.2. The van der Waals surface area contributed by atoms with Crippen LogP contribution in [0.1, 0.15) is 27.8 Å². The first-order valence-corrected chi connectivity index (χ1v) is 17.9. The number of pyridine rings is 1. The molecule has 1 unspecified atom stereocenters. The molecule has 1 aliphatic heterocycles. The molecule has 12 rings (SSSR count). The molecule has 2 aliphatic rings. The molecule has 0 radical (unpaired) electrons. The average molecular weight is 674 g/mol. The van der Waals surface area contributed by atoms with Crippen molar-refractivity contribution in [1.29, 1.82) is 5.26 Å². The molecule has 0 bridgehead atoms. The van der Waals surface area contributed by atoms with Crippen LogP contribution in [0.25, 0.3) is 82.8 Å². The van der Waals surface area contributed by atoms with Gasteiger partial charge in [-0.15, -0.1) is 0 Å². The highest BCUT2D eigenvalue weighted by Gasteiger charge is 2.51. The summed E-state index contributed by atoms with van der Waals surface area (Å²) in [5.74, 6) is 0. The maximum Gasteiger partial charge on any atom is 0.145 e. The van der Waals surface area contributed by atoms with E-state index in [4.69, 9.17) is 4.42 Å². The predicted molar refractivity (Wildman–Crippen MR) is 212 cm³/mol. The number of fused-ring (bicyclic) bond motifs is 16. The lowest BCUT2D eigenvalue weighted by molar-refractivity contribution is 0.673. The minimum absolute atomic E-state index is 0.575. The maximum atomic E-state index is 9.44. The number of rotatable bonds is 2. The Balaban J connectivity index is 1.24. The Kier molecular flexibility index (Phi) is 5.47. The first-order chi connectivity index (χ1) is 26.2. The Morgan fingerprint density at radius 1 is 0.566 bits per heavy atom. The van der Waals surface area contributed by atoms with Gasteiger partial charge in [0.25, 0.3) is 0 Å². The van der Waals surface area contributed by atoms with Gasteiger partial charge in [-0.1, -0.05) is 103 Å². The standard InChI is InChI=1S/C49H27N3O/c50-27-29-14-16-30(17-15-29)31-18-21-40-38(25-31)34-8-1-3-11-39(34)49(40)41-22-19-32(33-7-6-24-51-28-33)26-44(41)52-43-23-20-36-35-9-2-4-13-45(35)53-48(36)46(43)37-10-5-12-42(49)47(37)52/h1-26,28H. The van der Waals surface area contributed by atoms with Crippen molar-refractivity contribution in [2.45, 2.75) is 5.41 Å². The first kappa shape index (κ1) is 28.5. The number of hydrogen-bond donors (Lipinski definition) is 0. The largest absolute Gasteiger partial charge is 0.455 e. The summed E-state index contributed by atoms with van der Waals surface area (Å²) in [4.78, 5) is 4.48. The molecule has 4 heteroatoms. The average Bonchev–Trinajstić information content (AvgIpc) is 3.87. The van der Waals surface area contributed by atoms with Gasteiger partial charge in [-0.05, 0) is 98.6 Å². The zero-order valence-corrected chi connectivity index (χ0v) is 28.3. The van der Waals surface area contributed by atoms with Crippen molar-refractivity contribution in [1.82, 2.24) is 9.55 Å². The van der Waals surface area contributed by atoms with E-state index in [1.54, 1.807) is 0 Å². The van der Waals surface area contributed by atoms with E-state index in [0.29, 0.717) is 5.56 Å². The fraction of sp³-hybridized carbons (Fsp3) is 0.0204. The lowest BCUT2D eigenvalue weighted by Crippen LogP contribution is -2.33. The van der Waals surface area contributed by atoms with Crippen molar-refractivity contribution in [2.75, 3.05) is 0 Å². The molecule has 0 N–H and O–H groups in total. The summed E-state index contributed by atoms with van der Waals surface area (Å²) >= 11 is 0. The smallest absolute Gasteiger partial charge is 0.145 e. The predicted octanol–water partition coefficient (Wildman–Crippen LogP) is 12.0. The van der Waals surface area contributed by atoms with Crippen LogP contribution < -0.4 is 0 Å². The third-order valence-corrected chi connectivity index (χ3v) is 11.7. The lowest BCUT2D eigenvalue weighted by Gasteiger charge is -2.39. The number of hydrogen-bond acceptors (Lipinski definition) is 3. The van der Waals surface area contributed by atoms with Crippen LogP contribution >= 0.6 is 0 Å². The van der Waals surface area contributed by atoms with Gasteiger partial charge >= 0.3 is 0 Å². The van der Waals surface area contributed by atoms with Crippen LogP contribution in [0.3, 0.4) is 0 Å². The van der Waals surface area contributed by atoms with Gasteiger partial charge in [0.1, 0.15) is 11.2 Å². The van der Waals surface area contributed by atoms with E-state index in [1.165, 1.54) is 44.3 Å². The normalized spacial score (nSPS) is 15.2. The van der Waals surface area contributed by atoms with Crippen LogP contribution in [0.4, 0.5) is 0 Å². The molecule has 0 amide bonds. The molecule has 1 spiro atoms. The minimum Gasteiger partial charge on any atom is -0.455 e. The van der Waals surface area contributed by atoms with E-state index in [2.05, 4.69) is 131 Å². The molecule has 0 saturated carbocycles. The van der Waals surface area contributed by atoms with E-state index in [1.807, 2.05) is 48.8 Å². The van der Waals surface area contributed by atoms with E-state index >= 15 is 0 Å². The summed E-state index contributed by atoms with van der Waals surface area (Å²) in [5.41, 5.74) is 17.3. The van der Waals surface area contributed by atoms with Crippen molar-refractivity contribution >= 4 is 43.7 Å². The zero-order valence-electron chi connectivity index (χ0n) is 28.3. The molecule has 1 aliphatic carbocycles. The Bertz CT molecular complexity index is 3230. The van der Waals surface area contributed by atoms with Crippen molar-refractivity contribution < 1.29 is 4.42 Å². The summed E-state index contributed by atoms with van der Waals surface area (Å²) in [6, 6.07) is 56.8. The molecule has 0 fully saturated rings. The zero-order chi connectivity index (χ0) is 34.8. The van der Waals surface area contributed by atoms with Crippen molar-refractivity contribution in [2.24, 2.45) is 0 Å². The summed E-state index contributed by atoms with van der Waals surface area (Å²) in [6.07, 6.45) is 3.77. The van der Waals surface area contributed by atoms with Gasteiger partial charge in [-0.2, -0.15) is 5.26 Å². The number of nitrogens with zero attached hydrogens (tertiary/aromatic N) is 3. The summed E-state index contributed by atoms with van der Waals surface area (Å²) in [6.45, 7) is 0. The molecule has 1 atom stereocenters. The van der Waals surface area contributed by atoms with Gasteiger partial charge in [0, 0.05) is 34.1 Å². The Morgan fingerprint density at radius 2 is 1.32 bits per heavy atom. The van der Waals surface area contributed by atoms with Gasteiger partial charge in [0.05, 0.1) is 39.2 Å². The molecule has 3 aromatic heterocycles. The third kappa shape index (κ3) is 3.56. The van der Waals surface area contributed by atoms with Crippen LogP contribution in [0.5, 0.6) is 0 Å². The van der Waals surface area contributed by atoms with Crippen LogP contribution in [0.15, 0.2) is 168 Å². The molecule has 0 saturated heterocycles. The molecular formula is C49H27N3O. The molecule has 4 nitrogen and oxygen atoms in total. The number of benzene rings is 7. The van der Waals surface area contributed by atoms with Crippen LogP contribution in [0, 0.1) is 11.3 Å². The molecular weight excluding hydrogens is 647 g/mol. The minimum atomic E-state index is -0.575. The molecule has 7 aromatic carbocycles. The Hall–Kier alpha value is -7.22. The topological polar surface area (TPSA) is 54.8 Å². The third-order valence-electron chi connectivity index (χ3n) is 11.7. The second-order valence-electron chi connectivity index (χ2n) is 14.2.